The van der Waals surface area contributed by atoms with Crippen molar-refractivity contribution in [3.63, 3.8) is 0 Å². The first-order valence-electron chi connectivity index (χ1n) is 7.54. The first-order valence-corrected chi connectivity index (χ1v) is 7.54. The highest BCUT2D eigenvalue weighted by atomic mass is 16.5. The van der Waals surface area contributed by atoms with Crippen LogP contribution in [-0.2, 0) is 16.1 Å². The van der Waals surface area contributed by atoms with Gasteiger partial charge in [-0.25, -0.2) is 0 Å². The van der Waals surface area contributed by atoms with Crippen LogP contribution in [0.2, 0.25) is 0 Å². The molecule has 0 saturated carbocycles. The Morgan fingerprint density at radius 2 is 2.29 bits per heavy atom. The highest BCUT2D eigenvalue weighted by molar-refractivity contribution is 5.82. The molecule has 2 aliphatic heterocycles. The van der Waals surface area contributed by atoms with Gasteiger partial charge in [-0.2, -0.15) is 0 Å². The minimum absolute atomic E-state index is 0.000977. The molecule has 2 saturated heterocycles. The van der Waals surface area contributed by atoms with Crippen LogP contribution < -0.4 is 5.32 Å². The van der Waals surface area contributed by atoms with Gasteiger partial charge in [-0.3, -0.25) is 9.69 Å². The molecule has 3 rings (SSSR count). The second-order valence-electron chi connectivity index (χ2n) is 6.29. The predicted molar refractivity (Wildman–Crippen MR) is 76.6 cm³/mol. The van der Waals surface area contributed by atoms with E-state index in [1.807, 2.05) is 13.0 Å². The third-order valence-electron chi connectivity index (χ3n) is 4.92. The summed E-state index contributed by atoms with van der Waals surface area (Å²) in [5, 5.41) is 7.07. The maximum atomic E-state index is 12.0. The quantitative estimate of drug-likeness (QED) is 0.895. The molecule has 1 spiro atoms. The minimum atomic E-state index is -0.000977. The van der Waals surface area contributed by atoms with E-state index >= 15 is 0 Å². The number of piperidine rings is 1. The van der Waals surface area contributed by atoms with Crippen molar-refractivity contribution in [2.45, 2.75) is 26.3 Å². The van der Waals surface area contributed by atoms with Gasteiger partial charge in [0.25, 0.3) is 0 Å². The lowest BCUT2D eigenvalue weighted by Crippen LogP contribution is -2.45. The third kappa shape index (κ3) is 2.82. The predicted octanol–water partition coefficient (Wildman–Crippen LogP) is 0.958. The Balaban J connectivity index is 1.60. The Morgan fingerprint density at radius 3 is 2.90 bits per heavy atom. The van der Waals surface area contributed by atoms with Gasteiger partial charge in [-0.15, -0.1) is 0 Å². The summed E-state index contributed by atoms with van der Waals surface area (Å²) in [6.07, 6.45) is 2.05. The molecule has 6 nitrogen and oxygen atoms in total. The van der Waals surface area contributed by atoms with Crippen molar-refractivity contribution in [3.05, 3.63) is 17.5 Å². The Kier molecular flexibility index (Phi) is 3.99. The molecule has 2 aliphatic rings. The van der Waals surface area contributed by atoms with Crippen molar-refractivity contribution in [2.24, 2.45) is 11.3 Å². The number of likely N-dealkylation sites (tertiary alicyclic amines) is 1. The number of aromatic nitrogens is 1. The molecule has 6 heteroatoms. The van der Waals surface area contributed by atoms with E-state index in [2.05, 4.69) is 15.4 Å². The van der Waals surface area contributed by atoms with Gasteiger partial charge in [0, 0.05) is 31.7 Å². The Hall–Kier alpha value is -1.40. The van der Waals surface area contributed by atoms with E-state index in [0.29, 0.717) is 6.61 Å². The molecule has 0 radical (unpaired) electrons. The molecule has 1 N–H and O–H groups in total. The van der Waals surface area contributed by atoms with Crippen LogP contribution in [0, 0.1) is 18.3 Å². The summed E-state index contributed by atoms with van der Waals surface area (Å²) in [4.78, 5) is 14.4. The van der Waals surface area contributed by atoms with Gasteiger partial charge in [-0.1, -0.05) is 5.16 Å². The van der Waals surface area contributed by atoms with Crippen molar-refractivity contribution in [1.29, 1.82) is 0 Å². The fraction of sp³-hybridized carbons (Fsp3) is 0.733. The fourth-order valence-electron chi connectivity index (χ4n) is 3.61. The molecule has 0 aliphatic carbocycles. The van der Waals surface area contributed by atoms with E-state index in [-0.39, 0.29) is 17.2 Å². The van der Waals surface area contributed by atoms with Crippen LogP contribution in [0.4, 0.5) is 0 Å². The van der Waals surface area contributed by atoms with Crippen LogP contribution in [0.15, 0.2) is 10.6 Å². The second kappa shape index (κ2) is 5.77. The third-order valence-corrected chi connectivity index (χ3v) is 4.92. The van der Waals surface area contributed by atoms with Crippen molar-refractivity contribution >= 4 is 5.91 Å². The average molecular weight is 293 g/mol. The maximum Gasteiger partial charge on any atom is 0.226 e. The van der Waals surface area contributed by atoms with Crippen LogP contribution in [0.1, 0.15) is 24.3 Å². The van der Waals surface area contributed by atoms with Crippen molar-refractivity contribution in [1.82, 2.24) is 15.4 Å². The van der Waals surface area contributed by atoms with Crippen LogP contribution in [0.3, 0.4) is 0 Å². The lowest BCUT2D eigenvalue weighted by molar-refractivity contribution is -0.126. The molecule has 1 aromatic heterocycles. The molecule has 3 heterocycles. The summed E-state index contributed by atoms with van der Waals surface area (Å²) in [5.74, 6) is 1.00. The van der Waals surface area contributed by atoms with Gasteiger partial charge in [0.15, 0.2) is 0 Å². The highest BCUT2D eigenvalue weighted by Crippen LogP contribution is 2.42. The van der Waals surface area contributed by atoms with Crippen LogP contribution in [0.25, 0.3) is 0 Å². The summed E-state index contributed by atoms with van der Waals surface area (Å²) in [6.45, 7) is 6.02. The Morgan fingerprint density at radius 1 is 1.52 bits per heavy atom. The average Bonchev–Trinajstić information content (AvgIpc) is 3.01. The fourth-order valence-corrected chi connectivity index (χ4v) is 3.61. The largest absolute Gasteiger partial charge is 0.384 e. The monoisotopic (exact) mass is 293 g/mol. The van der Waals surface area contributed by atoms with Gasteiger partial charge in [0.1, 0.15) is 5.76 Å². The van der Waals surface area contributed by atoms with Crippen molar-refractivity contribution < 1.29 is 14.1 Å². The summed E-state index contributed by atoms with van der Waals surface area (Å²) < 4.78 is 10.4. The number of aryl methyl sites for hydroxylation is 1. The van der Waals surface area contributed by atoms with Gasteiger partial charge < -0.3 is 14.6 Å². The second-order valence-corrected chi connectivity index (χ2v) is 6.29. The van der Waals surface area contributed by atoms with Gasteiger partial charge in [-0.05, 0) is 32.9 Å². The van der Waals surface area contributed by atoms with Crippen LogP contribution in [-0.4, -0.2) is 49.3 Å². The SMILES string of the molecule is COC[C@@H]1C(=O)NCC12CCN(Cc1cc(C)on1)CC2. The number of amides is 1. The van der Waals surface area contributed by atoms with Crippen LogP contribution in [0.5, 0.6) is 0 Å². The molecule has 21 heavy (non-hydrogen) atoms. The van der Waals surface area contributed by atoms with Crippen LogP contribution >= 0.6 is 0 Å². The number of hydrogen-bond acceptors (Lipinski definition) is 5. The standard InChI is InChI=1S/C15H23N3O3/c1-11-7-12(17-21-11)8-18-5-3-15(4-6-18)10-16-14(19)13(15)9-20-2/h7,13H,3-6,8-10H2,1-2H3,(H,16,19)/t13-/m1/s1. The summed E-state index contributed by atoms with van der Waals surface area (Å²) in [7, 11) is 1.67. The molecular formula is C15H23N3O3. The first-order chi connectivity index (χ1) is 10.1. The van der Waals surface area contributed by atoms with Gasteiger partial charge in [0.05, 0.1) is 18.2 Å². The number of nitrogens with zero attached hydrogens (tertiary/aromatic N) is 2. The zero-order valence-electron chi connectivity index (χ0n) is 12.7. The normalized spacial score (nSPS) is 25.4. The van der Waals surface area contributed by atoms with Gasteiger partial charge in [0.2, 0.25) is 5.91 Å². The number of rotatable bonds is 4. The van der Waals surface area contributed by atoms with E-state index in [1.165, 1.54) is 0 Å². The topological polar surface area (TPSA) is 67.6 Å². The van der Waals surface area contributed by atoms with E-state index in [9.17, 15) is 4.79 Å². The number of hydrogen-bond donors (Lipinski definition) is 1. The van der Waals surface area contributed by atoms with Crippen molar-refractivity contribution in [2.75, 3.05) is 33.4 Å². The molecule has 1 atom stereocenters. The lowest BCUT2D eigenvalue weighted by Gasteiger charge is -2.41. The molecule has 2 fully saturated rings. The molecule has 1 amide bonds. The van der Waals surface area contributed by atoms with E-state index in [1.54, 1.807) is 7.11 Å². The number of ether oxygens (including phenoxy) is 1. The van der Waals surface area contributed by atoms with E-state index < -0.39 is 0 Å². The summed E-state index contributed by atoms with van der Waals surface area (Å²) in [5.41, 5.74) is 1.06. The zero-order chi connectivity index (χ0) is 14.9. The minimum Gasteiger partial charge on any atom is -0.384 e. The van der Waals surface area contributed by atoms with E-state index in [0.717, 1.165) is 50.5 Å². The number of carbonyl (C=O) groups excluding carboxylic acids is 1. The van der Waals surface area contributed by atoms with Crippen molar-refractivity contribution in [3.8, 4) is 0 Å². The molecular weight excluding hydrogens is 270 g/mol. The summed E-state index contributed by atoms with van der Waals surface area (Å²) >= 11 is 0. The lowest BCUT2D eigenvalue weighted by atomic mass is 9.71. The maximum absolute atomic E-state index is 12.0. The Bertz CT molecular complexity index is 506. The smallest absolute Gasteiger partial charge is 0.226 e. The zero-order valence-corrected chi connectivity index (χ0v) is 12.7. The molecule has 1 aromatic rings. The first kappa shape index (κ1) is 14.5. The van der Waals surface area contributed by atoms with Gasteiger partial charge >= 0.3 is 0 Å². The molecule has 116 valence electrons. The summed E-state index contributed by atoms with van der Waals surface area (Å²) in [6, 6.07) is 1.98. The molecule has 0 aromatic carbocycles. The number of nitrogens with one attached hydrogen (secondary N) is 1. The molecule has 0 unspecified atom stereocenters. The number of methoxy groups -OCH3 is 1. The van der Waals surface area contributed by atoms with E-state index in [4.69, 9.17) is 9.26 Å². The number of carbonyl (C=O) groups is 1. The Labute approximate surface area is 124 Å². The highest BCUT2D eigenvalue weighted by Gasteiger charge is 2.49. The molecule has 0 bridgehead atoms.